The Morgan fingerprint density at radius 2 is 1.68 bits per heavy atom. The summed E-state index contributed by atoms with van der Waals surface area (Å²) in [6.45, 7) is 0.664. The van der Waals surface area contributed by atoms with Crippen molar-refractivity contribution in [3.05, 3.63) is 29.3 Å². The second-order valence-electron chi connectivity index (χ2n) is 4.51. The molecule has 0 radical (unpaired) electrons. The maximum atomic E-state index is 12.1. The largest absolute Gasteiger partial charge is 0.465 e. The van der Waals surface area contributed by atoms with Crippen LogP contribution in [-0.4, -0.2) is 55.3 Å². The number of rotatable bonds is 3. The van der Waals surface area contributed by atoms with Gasteiger partial charge in [-0.25, -0.2) is 14.4 Å². The van der Waals surface area contributed by atoms with E-state index in [0.29, 0.717) is 18.1 Å². The van der Waals surface area contributed by atoms with Crippen LogP contribution in [0.5, 0.6) is 0 Å². The fourth-order valence-corrected chi connectivity index (χ4v) is 2.89. The maximum Gasteiger partial charge on any atom is 0.337 e. The average molecular weight is 324 g/mol. The minimum atomic E-state index is -0.599. The maximum absolute atomic E-state index is 12.1. The number of thioether (sulfide) groups is 1. The van der Waals surface area contributed by atoms with Gasteiger partial charge in [-0.05, 0) is 18.2 Å². The zero-order chi connectivity index (χ0) is 16.1. The number of esters is 2. The molecule has 0 saturated carbocycles. The van der Waals surface area contributed by atoms with Crippen molar-refractivity contribution in [3.63, 3.8) is 0 Å². The number of nitrogens with one attached hydrogen (secondary N) is 1. The highest BCUT2D eigenvalue weighted by Crippen LogP contribution is 2.19. The molecule has 7 nitrogen and oxygen atoms in total. The van der Waals surface area contributed by atoms with E-state index in [-0.39, 0.29) is 17.2 Å². The van der Waals surface area contributed by atoms with Crippen molar-refractivity contribution < 1.29 is 23.9 Å². The molecule has 2 amide bonds. The van der Waals surface area contributed by atoms with Gasteiger partial charge in [0.25, 0.3) is 0 Å². The number of anilines is 1. The second kappa shape index (κ2) is 7.17. The Balaban J connectivity index is 2.26. The predicted molar refractivity (Wildman–Crippen MR) is 82.2 cm³/mol. The van der Waals surface area contributed by atoms with Gasteiger partial charge in [-0.3, -0.25) is 0 Å². The number of amides is 2. The molecule has 22 heavy (non-hydrogen) atoms. The summed E-state index contributed by atoms with van der Waals surface area (Å²) in [5.41, 5.74) is 0.665. The topological polar surface area (TPSA) is 84.9 Å². The molecule has 1 aromatic rings. The molecule has 1 aliphatic rings. The third-order valence-corrected chi connectivity index (χ3v) is 4.03. The summed E-state index contributed by atoms with van der Waals surface area (Å²) in [7, 11) is 2.49. The van der Waals surface area contributed by atoms with Gasteiger partial charge in [0.05, 0.1) is 31.2 Å². The summed E-state index contributed by atoms with van der Waals surface area (Å²) in [6.07, 6.45) is 0. The molecule has 2 rings (SSSR count). The zero-order valence-electron chi connectivity index (χ0n) is 12.3. The van der Waals surface area contributed by atoms with E-state index in [1.807, 2.05) is 0 Å². The van der Waals surface area contributed by atoms with Gasteiger partial charge in [0, 0.05) is 18.0 Å². The second-order valence-corrected chi connectivity index (χ2v) is 5.59. The lowest BCUT2D eigenvalue weighted by molar-refractivity contribution is 0.0599. The Morgan fingerprint density at radius 3 is 2.14 bits per heavy atom. The number of hydrogen-bond acceptors (Lipinski definition) is 6. The standard InChI is InChI=1S/C14H16N2O5S/c1-20-12(17)9-5-10(13(18)21-2)7-11(6-9)15-14(19)16-3-4-22-8-16/h5-7H,3-4,8H2,1-2H3,(H,15,19). The minimum absolute atomic E-state index is 0.163. The number of nitrogens with zero attached hydrogens (tertiary/aromatic N) is 1. The highest BCUT2D eigenvalue weighted by molar-refractivity contribution is 7.99. The van der Waals surface area contributed by atoms with Crippen molar-refractivity contribution in [3.8, 4) is 0 Å². The summed E-state index contributed by atoms with van der Waals surface area (Å²) in [4.78, 5) is 37.1. The fourth-order valence-electron chi connectivity index (χ4n) is 1.95. The molecule has 1 fully saturated rings. The first kappa shape index (κ1) is 16.2. The van der Waals surface area contributed by atoms with E-state index in [1.165, 1.54) is 32.4 Å². The van der Waals surface area contributed by atoms with Crippen LogP contribution < -0.4 is 5.32 Å². The van der Waals surface area contributed by atoms with Gasteiger partial charge in [0.2, 0.25) is 0 Å². The Kier molecular flexibility index (Phi) is 5.26. The number of benzene rings is 1. The molecule has 1 N–H and O–H groups in total. The van der Waals surface area contributed by atoms with E-state index < -0.39 is 11.9 Å². The Bertz CT molecular complexity index is 565. The van der Waals surface area contributed by atoms with E-state index in [4.69, 9.17) is 0 Å². The summed E-state index contributed by atoms with van der Waals surface area (Å²) in [5.74, 6) is 0.311. The molecule has 1 aromatic carbocycles. The van der Waals surface area contributed by atoms with Crippen molar-refractivity contribution in [1.29, 1.82) is 0 Å². The molecule has 0 spiro atoms. The summed E-state index contributed by atoms with van der Waals surface area (Å²) < 4.78 is 9.29. The lowest BCUT2D eigenvalue weighted by Crippen LogP contribution is -2.32. The van der Waals surface area contributed by atoms with Crippen LogP contribution in [0.15, 0.2) is 18.2 Å². The molecule has 1 aliphatic heterocycles. The first-order valence-electron chi connectivity index (χ1n) is 6.50. The van der Waals surface area contributed by atoms with Crippen LogP contribution in [0.25, 0.3) is 0 Å². The van der Waals surface area contributed by atoms with Crippen LogP contribution >= 0.6 is 11.8 Å². The van der Waals surface area contributed by atoms with E-state index in [0.717, 1.165) is 5.75 Å². The Labute approximate surface area is 131 Å². The first-order valence-corrected chi connectivity index (χ1v) is 7.66. The van der Waals surface area contributed by atoms with Crippen LogP contribution in [0.2, 0.25) is 0 Å². The van der Waals surface area contributed by atoms with Gasteiger partial charge in [-0.15, -0.1) is 11.8 Å². The third kappa shape index (κ3) is 3.70. The normalized spacial score (nSPS) is 13.6. The molecular formula is C14H16N2O5S. The lowest BCUT2D eigenvalue weighted by Gasteiger charge is -2.16. The smallest absolute Gasteiger partial charge is 0.337 e. The number of hydrogen-bond donors (Lipinski definition) is 1. The lowest BCUT2D eigenvalue weighted by atomic mass is 10.1. The molecule has 0 atom stereocenters. The molecular weight excluding hydrogens is 308 g/mol. The number of ether oxygens (including phenoxy) is 2. The van der Waals surface area contributed by atoms with E-state index >= 15 is 0 Å². The number of urea groups is 1. The SMILES string of the molecule is COC(=O)c1cc(NC(=O)N2CCSC2)cc(C(=O)OC)c1. The number of carbonyl (C=O) groups excluding carboxylic acids is 3. The molecule has 0 unspecified atom stereocenters. The van der Waals surface area contributed by atoms with Gasteiger partial charge >= 0.3 is 18.0 Å². The molecule has 1 saturated heterocycles. The first-order chi connectivity index (χ1) is 10.5. The van der Waals surface area contributed by atoms with Gasteiger partial charge in [0.1, 0.15) is 0 Å². The van der Waals surface area contributed by atoms with Gasteiger partial charge in [-0.2, -0.15) is 0 Å². The van der Waals surface area contributed by atoms with Crippen molar-refractivity contribution >= 4 is 35.4 Å². The minimum Gasteiger partial charge on any atom is -0.465 e. The molecule has 8 heteroatoms. The molecule has 0 aromatic heterocycles. The highest BCUT2D eigenvalue weighted by Gasteiger charge is 2.20. The van der Waals surface area contributed by atoms with Crippen molar-refractivity contribution in [1.82, 2.24) is 4.90 Å². The van der Waals surface area contributed by atoms with Crippen molar-refractivity contribution in [2.24, 2.45) is 0 Å². The predicted octanol–water partition coefficient (Wildman–Crippen LogP) is 1.80. The fraction of sp³-hybridized carbons (Fsp3) is 0.357. The van der Waals surface area contributed by atoms with Gasteiger partial charge in [0.15, 0.2) is 0 Å². The number of carbonyl (C=O) groups is 3. The van der Waals surface area contributed by atoms with Crippen LogP contribution in [0.4, 0.5) is 10.5 Å². The summed E-state index contributed by atoms with van der Waals surface area (Å²) in [5, 5.41) is 2.68. The van der Waals surface area contributed by atoms with E-state index in [1.54, 1.807) is 16.7 Å². The average Bonchev–Trinajstić information content (AvgIpc) is 3.07. The monoisotopic (exact) mass is 324 g/mol. The van der Waals surface area contributed by atoms with Gasteiger partial charge < -0.3 is 19.7 Å². The molecule has 118 valence electrons. The van der Waals surface area contributed by atoms with Crippen LogP contribution in [0.3, 0.4) is 0 Å². The zero-order valence-corrected chi connectivity index (χ0v) is 13.1. The quantitative estimate of drug-likeness (QED) is 0.853. The summed E-state index contributed by atoms with van der Waals surface area (Å²) in [6, 6.07) is 4.00. The van der Waals surface area contributed by atoms with E-state index in [9.17, 15) is 14.4 Å². The summed E-state index contributed by atoms with van der Waals surface area (Å²) >= 11 is 1.66. The highest BCUT2D eigenvalue weighted by atomic mass is 32.2. The third-order valence-electron chi connectivity index (χ3n) is 3.07. The van der Waals surface area contributed by atoms with Crippen molar-refractivity contribution in [2.45, 2.75) is 0 Å². The van der Waals surface area contributed by atoms with E-state index in [2.05, 4.69) is 14.8 Å². The van der Waals surface area contributed by atoms with Gasteiger partial charge in [-0.1, -0.05) is 0 Å². The molecule has 1 heterocycles. The van der Waals surface area contributed by atoms with Crippen LogP contribution in [0.1, 0.15) is 20.7 Å². The van der Waals surface area contributed by atoms with Crippen molar-refractivity contribution in [2.75, 3.05) is 37.7 Å². The molecule has 0 aliphatic carbocycles. The van der Waals surface area contributed by atoms with Crippen LogP contribution in [0, 0.1) is 0 Å². The Morgan fingerprint density at radius 1 is 1.09 bits per heavy atom. The molecule has 0 bridgehead atoms. The Hall–Kier alpha value is -2.22. The van der Waals surface area contributed by atoms with Crippen LogP contribution in [-0.2, 0) is 9.47 Å². The number of methoxy groups -OCH3 is 2.